The van der Waals surface area contributed by atoms with Gasteiger partial charge in [0.25, 0.3) is 5.91 Å². The maximum absolute atomic E-state index is 12.7. The average molecular weight is 387 g/mol. The van der Waals surface area contributed by atoms with Crippen molar-refractivity contribution in [3.63, 3.8) is 0 Å². The van der Waals surface area contributed by atoms with Gasteiger partial charge in [-0.3, -0.25) is 19.3 Å². The molecule has 1 atom stereocenters. The van der Waals surface area contributed by atoms with E-state index in [-0.39, 0.29) is 24.1 Å². The summed E-state index contributed by atoms with van der Waals surface area (Å²) in [5.74, 6) is -0.881. The first-order valence-electron chi connectivity index (χ1n) is 9.82. The Kier molecular flexibility index (Phi) is 7.31. The summed E-state index contributed by atoms with van der Waals surface area (Å²) in [6.45, 7) is 4.97. The van der Waals surface area contributed by atoms with Crippen molar-refractivity contribution in [1.82, 2.24) is 10.2 Å². The lowest BCUT2D eigenvalue weighted by Crippen LogP contribution is -2.44. The number of carbonyl (C=O) groups excluding carboxylic acids is 4. The number of nitrogens with zero attached hydrogens (tertiary/aromatic N) is 1. The lowest BCUT2D eigenvalue weighted by Gasteiger charge is -2.21. The Bertz CT molecular complexity index is 745. The average Bonchev–Trinajstić information content (AvgIpc) is 2.85. The van der Waals surface area contributed by atoms with Gasteiger partial charge in [-0.15, -0.1) is 0 Å². The molecule has 1 saturated heterocycles. The van der Waals surface area contributed by atoms with Gasteiger partial charge < -0.3 is 10.6 Å². The summed E-state index contributed by atoms with van der Waals surface area (Å²) >= 11 is 0. The molecule has 1 heterocycles. The fourth-order valence-corrected chi connectivity index (χ4v) is 3.32. The third-order valence-electron chi connectivity index (χ3n) is 4.95. The third-order valence-corrected chi connectivity index (χ3v) is 4.95. The SMILES string of the molecule is CCCCCCC[C@@]1(C)NC(=O)N(CC(=O)c2ccc(NC(C)=O)cc2)C1=O. The van der Waals surface area contributed by atoms with E-state index >= 15 is 0 Å². The maximum Gasteiger partial charge on any atom is 0.325 e. The number of Topliss-reactive ketones (excluding diaryl/α,β-unsaturated/α-hetero) is 1. The summed E-state index contributed by atoms with van der Waals surface area (Å²) in [6, 6.07) is 5.84. The molecule has 7 heteroatoms. The van der Waals surface area contributed by atoms with Crippen LogP contribution >= 0.6 is 0 Å². The summed E-state index contributed by atoms with van der Waals surface area (Å²) in [4.78, 5) is 49.6. The van der Waals surface area contributed by atoms with Crippen molar-refractivity contribution in [2.75, 3.05) is 11.9 Å². The summed E-state index contributed by atoms with van der Waals surface area (Å²) < 4.78 is 0. The van der Waals surface area contributed by atoms with Crippen LogP contribution in [0.1, 0.15) is 69.7 Å². The molecular formula is C21H29N3O4. The second-order valence-electron chi connectivity index (χ2n) is 7.50. The number of amides is 4. The van der Waals surface area contributed by atoms with Gasteiger partial charge in [0.05, 0.1) is 6.54 Å². The van der Waals surface area contributed by atoms with Crippen molar-refractivity contribution in [3.05, 3.63) is 29.8 Å². The molecule has 7 nitrogen and oxygen atoms in total. The third kappa shape index (κ3) is 5.41. The fraction of sp³-hybridized carbons (Fsp3) is 0.524. The molecule has 2 rings (SSSR count). The molecule has 152 valence electrons. The van der Waals surface area contributed by atoms with Gasteiger partial charge in [0.2, 0.25) is 5.91 Å². The lowest BCUT2D eigenvalue weighted by atomic mass is 9.94. The first kappa shape index (κ1) is 21.6. The number of nitrogens with one attached hydrogen (secondary N) is 2. The van der Waals surface area contributed by atoms with Crippen molar-refractivity contribution in [1.29, 1.82) is 0 Å². The second-order valence-corrected chi connectivity index (χ2v) is 7.50. The molecule has 1 aromatic carbocycles. The summed E-state index contributed by atoms with van der Waals surface area (Å²) in [5.41, 5.74) is 0.0105. The Morgan fingerprint density at radius 2 is 1.71 bits per heavy atom. The highest BCUT2D eigenvalue weighted by Gasteiger charge is 2.47. The van der Waals surface area contributed by atoms with Crippen molar-refractivity contribution < 1.29 is 19.2 Å². The summed E-state index contributed by atoms with van der Waals surface area (Å²) in [6.07, 6.45) is 5.87. The quantitative estimate of drug-likeness (QED) is 0.365. The zero-order chi connectivity index (χ0) is 20.7. The summed E-state index contributed by atoms with van der Waals surface area (Å²) in [7, 11) is 0. The molecule has 0 aromatic heterocycles. The predicted molar refractivity (Wildman–Crippen MR) is 107 cm³/mol. The van der Waals surface area contributed by atoms with Crippen LogP contribution in [0.2, 0.25) is 0 Å². The number of hydrogen-bond acceptors (Lipinski definition) is 4. The second kappa shape index (κ2) is 9.48. The maximum atomic E-state index is 12.7. The van der Waals surface area contributed by atoms with Crippen LogP contribution in [0.5, 0.6) is 0 Å². The largest absolute Gasteiger partial charge is 0.326 e. The van der Waals surface area contributed by atoms with Crippen LogP contribution in [-0.4, -0.2) is 40.6 Å². The molecular weight excluding hydrogens is 358 g/mol. The van der Waals surface area contributed by atoms with Crippen LogP contribution in [0.15, 0.2) is 24.3 Å². The Morgan fingerprint density at radius 3 is 2.32 bits per heavy atom. The van der Waals surface area contributed by atoms with E-state index in [0.717, 1.165) is 30.6 Å². The highest BCUT2D eigenvalue weighted by atomic mass is 16.2. The Hall–Kier alpha value is -2.70. The van der Waals surface area contributed by atoms with Gasteiger partial charge in [-0.25, -0.2) is 4.79 Å². The van der Waals surface area contributed by atoms with Gasteiger partial charge in [0, 0.05) is 18.2 Å². The minimum atomic E-state index is -0.946. The van der Waals surface area contributed by atoms with Gasteiger partial charge in [-0.2, -0.15) is 0 Å². The van der Waals surface area contributed by atoms with Crippen molar-refractivity contribution in [2.24, 2.45) is 0 Å². The van der Waals surface area contributed by atoms with E-state index in [1.54, 1.807) is 31.2 Å². The Labute approximate surface area is 165 Å². The highest BCUT2D eigenvalue weighted by molar-refractivity contribution is 6.11. The normalized spacial score (nSPS) is 18.9. The number of rotatable bonds is 10. The molecule has 4 amide bonds. The highest BCUT2D eigenvalue weighted by Crippen LogP contribution is 2.24. The van der Waals surface area contributed by atoms with E-state index in [1.165, 1.54) is 13.3 Å². The molecule has 1 aliphatic heterocycles. The minimum absolute atomic E-state index is 0.201. The number of hydrogen-bond donors (Lipinski definition) is 2. The molecule has 0 unspecified atom stereocenters. The van der Waals surface area contributed by atoms with Crippen LogP contribution < -0.4 is 10.6 Å². The monoisotopic (exact) mass is 387 g/mol. The molecule has 28 heavy (non-hydrogen) atoms. The first-order valence-corrected chi connectivity index (χ1v) is 9.82. The Morgan fingerprint density at radius 1 is 1.07 bits per heavy atom. The van der Waals surface area contributed by atoms with Crippen molar-refractivity contribution >= 4 is 29.3 Å². The smallest absolute Gasteiger partial charge is 0.325 e. The van der Waals surface area contributed by atoms with E-state index in [2.05, 4.69) is 17.6 Å². The molecule has 0 spiro atoms. The fourth-order valence-electron chi connectivity index (χ4n) is 3.32. The minimum Gasteiger partial charge on any atom is -0.326 e. The molecule has 0 bridgehead atoms. The van der Waals surface area contributed by atoms with Crippen molar-refractivity contribution in [2.45, 2.75) is 64.8 Å². The number of unbranched alkanes of at least 4 members (excludes halogenated alkanes) is 4. The zero-order valence-electron chi connectivity index (χ0n) is 16.8. The number of imide groups is 1. The number of carbonyl (C=O) groups is 4. The molecule has 0 radical (unpaired) electrons. The topological polar surface area (TPSA) is 95.6 Å². The summed E-state index contributed by atoms with van der Waals surface area (Å²) in [5, 5.41) is 5.37. The number of anilines is 1. The van der Waals surface area contributed by atoms with Crippen molar-refractivity contribution in [3.8, 4) is 0 Å². The van der Waals surface area contributed by atoms with Gasteiger partial charge in [0.1, 0.15) is 5.54 Å². The lowest BCUT2D eigenvalue weighted by molar-refractivity contribution is -0.130. The van der Waals surface area contributed by atoms with Crippen LogP contribution in [-0.2, 0) is 9.59 Å². The van der Waals surface area contributed by atoms with Crippen LogP contribution in [0, 0.1) is 0 Å². The van der Waals surface area contributed by atoms with Gasteiger partial charge in [-0.1, -0.05) is 39.0 Å². The standard InChI is InChI=1S/C21H29N3O4/c1-4-5-6-7-8-13-21(3)19(27)24(20(28)23-21)14-18(26)16-9-11-17(12-10-16)22-15(2)25/h9-12H,4-8,13-14H2,1-3H3,(H,22,25)(H,23,28)/t21-/m1/s1. The van der Waals surface area contributed by atoms with E-state index in [4.69, 9.17) is 0 Å². The van der Waals surface area contributed by atoms with Crippen LogP contribution in [0.4, 0.5) is 10.5 Å². The number of benzene rings is 1. The van der Waals surface area contributed by atoms with E-state index in [0.29, 0.717) is 17.7 Å². The molecule has 1 aliphatic rings. The molecule has 0 aliphatic carbocycles. The van der Waals surface area contributed by atoms with E-state index in [1.807, 2.05) is 0 Å². The van der Waals surface area contributed by atoms with Gasteiger partial charge in [0.15, 0.2) is 5.78 Å². The number of ketones is 1. The van der Waals surface area contributed by atoms with Crippen LogP contribution in [0.25, 0.3) is 0 Å². The predicted octanol–water partition coefficient (Wildman–Crippen LogP) is 3.50. The molecule has 1 aromatic rings. The molecule has 1 fully saturated rings. The van der Waals surface area contributed by atoms with Crippen LogP contribution in [0.3, 0.4) is 0 Å². The van der Waals surface area contributed by atoms with Gasteiger partial charge in [-0.05, 0) is 37.6 Å². The zero-order valence-corrected chi connectivity index (χ0v) is 16.8. The van der Waals surface area contributed by atoms with E-state index < -0.39 is 11.6 Å². The molecule has 0 saturated carbocycles. The molecule has 2 N–H and O–H groups in total. The van der Waals surface area contributed by atoms with E-state index in [9.17, 15) is 19.2 Å². The number of urea groups is 1. The van der Waals surface area contributed by atoms with Gasteiger partial charge >= 0.3 is 6.03 Å². The first-order chi connectivity index (χ1) is 13.3. The Balaban J connectivity index is 1.95.